The van der Waals surface area contributed by atoms with E-state index < -0.39 is 71.9 Å². The number of carbonyl (C=O) groups is 4. The van der Waals surface area contributed by atoms with Crippen LogP contribution in [0.15, 0.2) is 30.3 Å². The molecule has 2 aromatic rings. The summed E-state index contributed by atoms with van der Waals surface area (Å²) in [6, 6.07) is 5.47. The van der Waals surface area contributed by atoms with Gasteiger partial charge in [0.05, 0.1) is 11.4 Å². The van der Waals surface area contributed by atoms with Crippen LogP contribution in [0.3, 0.4) is 0 Å². The predicted molar refractivity (Wildman–Crippen MR) is 128 cm³/mol. The molecule has 1 atom stereocenters. The maximum absolute atomic E-state index is 14.1. The monoisotopic (exact) mass is 556 g/mol. The van der Waals surface area contributed by atoms with Crippen molar-refractivity contribution in [2.45, 2.75) is 32.2 Å². The average Bonchev–Trinajstić information content (AvgIpc) is 2.88. The van der Waals surface area contributed by atoms with Crippen molar-refractivity contribution >= 4 is 35.4 Å². The molecule has 3 rings (SSSR count). The highest BCUT2D eigenvalue weighted by atomic mass is 35.5. The van der Waals surface area contributed by atoms with Crippen LogP contribution in [0.2, 0.25) is 5.02 Å². The molecule has 1 saturated heterocycles. The number of ether oxygens (including phenoxy) is 2. The number of hydrogen-bond donors (Lipinski definition) is 2. The van der Waals surface area contributed by atoms with Gasteiger partial charge in [0.15, 0.2) is 28.9 Å². The number of para-hydroxylation sites is 1. The Morgan fingerprint density at radius 1 is 1.13 bits per heavy atom. The van der Waals surface area contributed by atoms with Gasteiger partial charge in [0, 0.05) is 19.0 Å². The molecule has 1 aliphatic rings. The Hall–Kier alpha value is -3.80. The molecule has 1 heterocycles. The number of rotatable bonds is 9. The van der Waals surface area contributed by atoms with Gasteiger partial charge in [-0.25, -0.2) is 13.6 Å². The smallest absolute Gasteiger partial charge is 0.415 e. The van der Waals surface area contributed by atoms with Gasteiger partial charge in [-0.1, -0.05) is 23.7 Å². The Morgan fingerprint density at radius 3 is 2.42 bits per heavy atom. The number of likely N-dealkylation sites (tertiary alicyclic amines) is 1. The van der Waals surface area contributed by atoms with Gasteiger partial charge < -0.3 is 24.8 Å². The van der Waals surface area contributed by atoms with E-state index in [4.69, 9.17) is 26.2 Å². The fourth-order valence-electron chi connectivity index (χ4n) is 3.79. The van der Waals surface area contributed by atoms with E-state index in [9.17, 15) is 32.3 Å². The quantitative estimate of drug-likeness (QED) is 0.449. The molecule has 1 aliphatic heterocycles. The summed E-state index contributed by atoms with van der Waals surface area (Å²) < 4.78 is 51.7. The molecule has 13 heteroatoms. The van der Waals surface area contributed by atoms with Crippen LogP contribution in [0.1, 0.15) is 24.8 Å². The van der Waals surface area contributed by atoms with E-state index in [1.165, 1.54) is 17.9 Å². The van der Waals surface area contributed by atoms with E-state index in [2.05, 4.69) is 5.32 Å². The maximum atomic E-state index is 14.1. The summed E-state index contributed by atoms with van der Waals surface area (Å²) in [5.41, 5.74) is -0.260. The van der Waals surface area contributed by atoms with Crippen LogP contribution < -0.4 is 14.8 Å². The fourth-order valence-corrected chi connectivity index (χ4v) is 3.97. The Morgan fingerprint density at radius 2 is 1.79 bits per heavy atom. The molecule has 0 unspecified atom stereocenters. The molecule has 0 saturated carbocycles. The van der Waals surface area contributed by atoms with Gasteiger partial charge in [0.2, 0.25) is 11.7 Å². The number of aliphatic carboxylic acids is 1. The number of carboxylic acid groups (broad SMARTS) is 1. The number of hydrogen-bond acceptors (Lipinski definition) is 6. The van der Waals surface area contributed by atoms with Crippen LogP contribution in [0, 0.1) is 30.3 Å². The first-order valence-corrected chi connectivity index (χ1v) is 11.9. The SMILES string of the molecule is Cc1cc(F)c(F)c(OCC(=O)[C@H](CC(=O)O)NC(=O)C2CCN(C(=O)Oc3ccccc3Cl)CC2)c1F. The van der Waals surface area contributed by atoms with E-state index in [-0.39, 0.29) is 42.3 Å². The van der Waals surface area contributed by atoms with Crippen LogP contribution in [0.25, 0.3) is 0 Å². The third kappa shape index (κ3) is 7.15. The molecule has 2 N–H and O–H groups in total. The zero-order valence-electron chi connectivity index (χ0n) is 20.1. The topological polar surface area (TPSA) is 122 Å². The average molecular weight is 557 g/mol. The highest BCUT2D eigenvalue weighted by molar-refractivity contribution is 6.32. The fraction of sp³-hybridized carbons (Fsp3) is 0.360. The van der Waals surface area contributed by atoms with Crippen LogP contribution in [-0.4, -0.2) is 59.5 Å². The zero-order chi connectivity index (χ0) is 28.0. The molecule has 1 fully saturated rings. The Bertz CT molecular complexity index is 1210. The van der Waals surface area contributed by atoms with Crippen molar-refractivity contribution in [3.8, 4) is 11.5 Å². The Labute approximate surface area is 220 Å². The van der Waals surface area contributed by atoms with Crippen molar-refractivity contribution in [2.75, 3.05) is 19.7 Å². The first kappa shape index (κ1) is 28.8. The number of piperidine rings is 1. The van der Waals surface area contributed by atoms with E-state index in [1.54, 1.807) is 18.2 Å². The number of carboxylic acids is 1. The second-order valence-electron chi connectivity index (χ2n) is 8.61. The maximum Gasteiger partial charge on any atom is 0.415 e. The normalized spacial score (nSPS) is 14.5. The van der Waals surface area contributed by atoms with Gasteiger partial charge in [0.25, 0.3) is 0 Å². The highest BCUT2D eigenvalue weighted by Crippen LogP contribution is 2.27. The third-order valence-corrected chi connectivity index (χ3v) is 6.21. The molecular formula is C25H24ClF3N2O7. The second kappa shape index (κ2) is 12.6. The molecule has 9 nitrogen and oxygen atoms in total. The lowest BCUT2D eigenvalue weighted by molar-refractivity contribution is -0.141. The highest BCUT2D eigenvalue weighted by Gasteiger charge is 2.32. The van der Waals surface area contributed by atoms with Gasteiger partial charge in [-0.2, -0.15) is 4.39 Å². The number of Topliss-reactive ketones (excluding diaryl/α,β-unsaturated/α-hetero) is 1. The zero-order valence-corrected chi connectivity index (χ0v) is 20.9. The lowest BCUT2D eigenvalue weighted by Crippen LogP contribution is -2.49. The van der Waals surface area contributed by atoms with E-state index in [0.717, 1.165) is 0 Å². The van der Waals surface area contributed by atoms with E-state index >= 15 is 0 Å². The van der Waals surface area contributed by atoms with Crippen LogP contribution >= 0.6 is 11.6 Å². The molecule has 204 valence electrons. The lowest BCUT2D eigenvalue weighted by Gasteiger charge is -2.31. The standard InChI is InChI=1S/C25H24ClF3N2O7/c1-13-10-16(27)22(29)23(21(13)28)37-12-18(32)17(11-20(33)34)30-24(35)14-6-8-31(9-7-14)25(36)38-19-5-3-2-4-15(19)26/h2-5,10,14,17H,6-9,11-12H2,1H3,(H,30,35)(H,33,34)/t17-/m0/s1. The number of ketones is 1. The summed E-state index contributed by atoms with van der Waals surface area (Å²) in [6.45, 7) is 0.460. The minimum absolute atomic E-state index is 0.152. The van der Waals surface area contributed by atoms with Crippen LogP contribution in [-0.2, 0) is 14.4 Å². The molecule has 0 aromatic heterocycles. The van der Waals surface area contributed by atoms with Crippen molar-refractivity contribution in [3.05, 3.63) is 58.4 Å². The largest absolute Gasteiger partial charge is 0.481 e. The molecule has 0 spiro atoms. The summed E-state index contributed by atoms with van der Waals surface area (Å²) in [7, 11) is 0. The number of nitrogens with zero attached hydrogens (tertiary/aromatic N) is 1. The molecule has 2 amide bonds. The molecule has 0 radical (unpaired) electrons. The molecule has 0 bridgehead atoms. The van der Waals surface area contributed by atoms with Gasteiger partial charge in [-0.15, -0.1) is 0 Å². The van der Waals surface area contributed by atoms with E-state index in [1.807, 2.05) is 0 Å². The number of carbonyl (C=O) groups excluding carboxylic acids is 3. The summed E-state index contributed by atoms with van der Waals surface area (Å²) in [5, 5.41) is 11.7. The van der Waals surface area contributed by atoms with Crippen molar-refractivity contribution < 1.29 is 46.9 Å². The molecular weight excluding hydrogens is 533 g/mol. The number of nitrogens with one attached hydrogen (secondary N) is 1. The van der Waals surface area contributed by atoms with Crippen molar-refractivity contribution in [1.29, 1.82) is 0 Å². The summed E-state index contributed by atoms with van der Waals surface area (Å²) >= 11 is 5.99. The Kier molecular flexibility index (Phi) is 9.56. The molecule has 2 aromatic carbocycles. The number of amides is 2. The van der Waals surface area contributed by atoms with Gasteiger partial charge in [-0.05, 0) is 43.5 Å². The van der Waals surface area contributed by atoms with Gasteiger partial charge in [-0.3, -0.25) is 14.4 Å². The second-order valence-corrected chi connectivity index (χ2v) is 9.01. The number of benzene rings is 2. The van der Waals surface area contributed by atoms with Crippen molar-refractivity contribution in [2.24, 2.45) is 5.92 Å². The summed E-state index contributed by atoms with van der Waals surface area (Å²) in [6.07, 6.45) is -1.07. The molecule has 0 aliphatic carbocycles. The summed E-state index contributed by atoms with van der Waals surface area (Å²) in [4.78, 5) is 50.4. The number of aryl methyl sites for hydroxylation is 1. The van der Waals surface area contributed by atoms with Crippen LogP contribution in [0.4, 0.5) is 18.0 Å². The predicted octanol–water partition coefficient (Wildman–Crippen LogP) is 3.88. The lowest BCUT2D eigenvalue weighted by atomic mass is 9.95. The molecule has 38 heavy (non-hydrogen) atoms. The third-order valence-electron chi connectivity index (χ3n) is 5.90. The van der Waals surface area contributed by atoms with Crippen LogP contribution in [0.5, 0.6) is 11.5 Å². The van der Waals surface area contributed by atoms with Gasteiger partial charge >= 0.3 is 12.1 Å². The summed E-state index contributed by atoms with van der Waals surface area (Å²) in [5.74, 6) is -8.86. The Balaban J connectivity index is 1.57. The van der Waals surface area contributed by atoms with Crippen molar-refractivity contribution in [3.63, 3.8) is 0 Å². The minimum atomic E-state index is -1.64. The number of halogens is 4. The van der Waals surface area contributed by atoms with Crippen molar-refractivity contribution in [1.82, 2.24) is 10.2 Å². The van der Waals surface area contributed by atoms with Gasteiger partial charge in [0.1, 0.15) is 12.6 Å². The minimum Gasteiger partial charge on any atom is -0.481 e. The first-order valence-electron chi connectivity index (χ1n) is 11.5. The van der Waals surface area contributed by atoms with E-state index in [0.29, 0.717) is 6.07 Å². The first-order chi connectivity index (χ1) is 18.0.